The number of rotatable bonds is 6. The average molecular weight is 596 g/mol. The monoisotopic (exact) mass is 595 g/mol. The van der Waals surface area contributed by atoms with Gasteiger partial charge in [-0.05, 0) is 76.3 Å². The average Bonchev–Trinajstić information content (AvgIpc) is 3.48. The Morgan fingerprint density at radius 1 is 0.400 bits per heavy atom. The molecule has 1 N–H and O–H groups in total. The van der Waals surface area contributed by atoms with Gasteiger partial charge in [0.1, 0.15) is 5.75 Å². The van der Waals surface area contributed by atoms with E-state index in [4.69, 9.17) is 0 Å². The maximum absolute atomic E-state index is 11.2. The van der Waals surface area contributed by atoms with E-state index in [1.54, 1.807) is 6.07 Å². The smallest absolute Gasteiger partial charge is 0.125 e. The SMILES string of the molecule is Oc1cccc(N(c2ccc(-c3ccc4c(c3)sc3ccccc34)cc2)c2cccc(-c3ccccc3)c2)c1-c1ccccc1. The van der Waals surface area contributed by atoms with Crippen molar-refractivity contribution < 1.29 is 5.11 Å². The number of anilines is 3. The third kappa shape index (κ3) is 5.04. The topological polar surface area (TPSA) is 23.5 Å². The number of nitrogens with zero attached hydrogens (tertiary/aromatic N) is 1. The van der Waals surface area contributed by atoms with Crippen LogP contribution in [0.3, 0.4) is 0 Å². The Labute approximate surface area is 266 Å². The van der Waals surface area contributed by atoms with E-state index >= 15 is 0 Å². The fraction of sp³-hybridized carbons (Fsp3) is 0. The molecule has 45 heavy (non-hydrogen) atoms. The fourth-order valence-electron chi connectivity index (χ4n) is 6.21. The minimum absolute atomic E-state index is 0.246. The van der Waals surface area contributed by atoms with Gasteiger partial charge in [0.15, 0.2) is 0 Å². The van der Waals surface area contributed by atoms with Gasteiger partial charge in [-0.15, -0.1) is 11.3 Å². The molecule has 214 valence electrons. The zero-order valence-corrected chi connectivity index (χ0v) is 25.3. The van der Waals surface area contributed by atoms with Crippen LogP contribution in [0.25, 0.3) is 53.6 Å². The van der Waals surface area contributed by atoms with Gasteiger partial charge in [0, 0.05) is 37.1 Å². The number of phenolic OH excluding ortho intramolecular Hbond substituents is 1. The molecule has 0 fully saturated rings. The van der Waals surface area contributed by atoms with Crippen molar-refractivity contribution in [1.82, 2.24) is 0 Å². The number of hydrogen-bond acceptors (Lipinski definition) is 3. The maximum atomic E-state index is 11.2. The second-order valence-corrected chi connectivity index (χ2v) is 12.2. The quantitative estimate of drug-likeness (QED) is 0.207. The fourth-order valence-corrected chi connectivity index (χ4v) is 7.35. The molecule has 0 aliphatic rings. The van der Waals surface area contributed by atoms with Crippen LogP contribution < -0.4 is 4.90 Å². The first-order valence-electron chi connectivity index (χ1n) is 15.1. The Morgan fingerprint density at radius 3 is 1.80 bits per heavy atom. The van der Waals surface area contributed by atoms with Crippen LogP contribution in [0, 0.1) is 0 Å². The maximum Gasteiger partial charge on any atom is 0.125 e. The van der Waals surface area contributed by atoms with Gasteiger partial charge in [-0.1, -0.05) is 121 Å². The van der Waals surface area contributed by atoms with Crippen molar-refractivity contribution in [1.29, 1.82) is 0 Å². The molecule has 3 heteroatoms. The van der Waals surface area contributed by atoms with E-state index in [0.717, 1.165) is 44.9 Å². The molecular weight excluding hydrogens is 567 g/mol. The van der Waals surface area contributed by atoms with E-state index in [1.165, 1.54) is 25.7 Å². The highest BCUT2D eigenvalue weighted by molar-refractivity contribution is 7.25. The van der Waals surface area contributed by atoms with Crippen molar-refractivity contribution in [2.24, 2.45) is 0 Å². The highest BCUT2D eigenvalue weighted by atomic mass is 32.1. The second-order valence-electron chi connectivity index (χ2n) is 11.1. The summed E-state index contributed by atoms with van der Waals surface area (Å²) in [5, 5.41) is 13.8. The number of benzene rings is 7. The summed E-state index contributed by atoms with van der Waals surface area (Å²) < 4.78 is 2.61. The lowest BCUT2D eigenvalue weighted by atomic mass is 9.99. The van der Waals surface area contributed by atoms with E-state index in [2.05, 4.69) is 126 Å². The number of hydrogen-bond donors (Lipinski definition) is 1. The van der Waals surface area contributed by atoms with Crippen LogP contribution >= 0.6 is 11.3 Å². The molecule has 0 bridgehead atoms. The van der Waals surface area contributed by atoms with Gasteiger partial charge < -0.3 is 10.0 Å². The molecule has 0 unspecified atom stereocenters. The Balaban J connectivity index is 1.26. The van der Waals surface area contributed by atoms with Crippen LogP contribution in [0.2, 0.25) is 0 Å². The standard InChI is InChI=1S/C42H29NOS/c44-39-19-10-18-38(42(39)31-13-5-2-6-14-31)43(35-16-9-15-32(27-35)29-11-3-1-4-12-29)34-24-21-30(22-25-34)33-23-26-37-36-17-7-8-20-40(36)45-41(37)28-33/h1-28,44H. The molecule has 0 atom stereocenters. The molecule has 0 spiro atoms. The Morgan fingerprint density at radius 2 is 1.00 bits per heavy atom. The summed E-state index contributed by atoms with van der Waals surface area (Å²) in [4.78, 5) is 2.24. The molecule has 2 nitrogen and oxygen atoms in total. The molecule has 0 aliphatic heterocycles. The zero-order valence-electron chi connectivity index (χ0n) is 24.5. The van der Waals surface area contributed by atoms with Gasteiger partial charge >= 0.3 is 0 Å². The van der Waals surface area contributed by atoms with E-state index in [-0.39, 0.29) is 5.75 Å². The predicted molar refractivity (Wildman–Crippen MR) is 192 cm³/mol. The lowest BCUT2D eigenvalue weighted by Gasteiger charge is -2.29. The Hall–Kier alpha value is -5.64. The van der Waals surface area contributed by atoms with Crippen LogP contribution in [-0.4, -0.2) is 5.11 Å². The molecular formula is C42H29NOS. The van der Waals surface area contributed by atoms with Crippen molar-refractivity contribution in [3.05, 3.63) is 170 Å². The minimum Gasteiger partial charge on any atom is -0.507 e. The number of phenols is 1. The predicted octanol–water partition coefficient (Wildman–Crippen LogP) is 12.2. The van der Waals surface area contributed by atoms with Crippen LogP contribution in [0.5, 0.6) is 5.75 Å². The molecule has 0 radical (unpaired) electrons. The lowest BCUT2D eigenvalue weighted by molar-refractivity contribution is 0.477. The third-order valence-corrected chi connectivity index (χ3v) is 9.51. The van der Waals surface area contributed by atoms with Crippen LogP contribution in [0.15, 0.2) is 170 Å². The molecule has 1 aromatic heterocycles. The van der Waals surface area contributed by atoms with Crippen LogP contribution in [0.4, 0.5) is 17.1 Å². The molecule has 0 amide bonds. The summed E-state index contributed by atoms with van der Waals surface area (Å²) in [6.07, 6.45) is 0. The Kier molecular flexibility index (Phi) is 6.86. The van der Waals surface area contributed by atoms with Gasteiger partial charge in [-0.2, -0.15) is 0 Å². The van der Waals surface area contributed by atoms with Crippen molar-refractivity contribution in [3.8, 4) is 39.1 Å². The largest absolute Gasteiger partial charge is 0.507 e. The summed E-state index contributed by atoms with van der Waals surface area (Å²) in [6, 6.07) is 59.1. The molecule has 1 heterocycles. The lowest BCUT2D eigenvalue weighted by Crippen LogP contribution is -2.11. The van der Waals surface area contributed by atoms with E-state index in [9.17, 15) is 5.11 Å². The highest BCUT2D eigenvalue weighted by Gasteiger charge is 2.20. The van der Waals surface area contributed by atoms with Crippen molar-refractivity contribution in [2.75, 3.05) is 4.90 Å². The molecule has 0 saturated carbocycles. The number of thiophene rings is 1. The zero-order chi connectivity index (χ0) is 30.2. The van der Waals surface area contributed by atoms with E-state index in [1.807, 2.05) is 53.8 Å². The van der Waals surface area contributed by atoms with Gasteiger partial charge in [-0.25, -0.2) is 0 Å². The van der Waals surface area contributed by atoms with E-state index < -0.39 is 0 Å². The summed E-state index contributed by atoms with van der Waals surface area (Å²) in [6.45, 7) is 0. The number of fused-ring (bicyclic) bond motifs is 3. The van der Waals surface area contributed by atoms with E-state index in [0.29, 0.717) is 0 Å². The highest BCUT2D eigenvalue weighted by Crippen LogP contribution is 2.45. The first kappa shape index (κ1) is 26.9. The van der Waals surface area contributed by atoms with Gasteiger partial charge in [0.2, 0.25) is 0 Å². The first-order valence-corrected chi connectivity index (χ1v) is 15.9. The van der Waals surface area contributed by atoms with Crippen molar-refractivity contribution >= 4 is 48.6 Å². The number of aromatic hydroxyl groups is 1. The normalized spacial score (nSPS) is 11.2. The second kappa shape index (κ2) is 11.5. The summed E-state index contributed by atoms with van der Waals surface area (Å²) in [5.74, 6) is 0.246. The van der Waals surface area contributed by atoms with Gasteiger partial charge in [-0.3, -0.25) is 0 Å². The minimum atomic E-state index is 0.246. The molecule has 8 rings (SSSR count). The van der Waals surface area contributed by atoms with Crippen molar-refractivity contribution in [3.63, 3.8) is 0 Å². The molecule has 7 aromatic carbocycles. The van der Waals surface area contributed by atoms with Crippen LogP contribution in [-0.2, 0) is 0 Å². The van der Waals surface area contributed by atoms with Crippen molar-refractivity contribution in [2.45, 2.75) is 0 Å². The summed E-state index contributed by atoms with van der Waals surface area (Å²) >= 11 is 1.84. The molecule has 0 saturated heterocycles. The van der Waals surface area contributed by atoms with Crippen LogP contribution in [0.1, 0.15) is 0 Å². The molecule has 8 aromatic rings. The summed E-state index contributed by atoms with van der Waals surface area (Å²) in [7, 11) is 0. The van der Waals surface area contributed by atoms with Gasteiger partial charge in [0.05, 0.1) is 5.69 Å². The first-order chi connectivity index (χ1) is 22.2. The van der Waals surface area contributed by atoms with Gasteiger partial charge in [0.25, 0.3) is 0 Å². The Bertz CT molecular complexity index is 2270. The molecule has 0 aliphatic carbocycles. The summed E-state index contributed by atoms with van der Waals surface area (Å²) in [5.41, 5.74) is 9.33. The third-order valence-electron chi connectivity index (χ3n) is 8.37.